The normalized spacial score (nSPS) is 13.8. The third-order valence-corrected chi connectivity index (χ3v) is 10.6. The standard InChI is InChI=1S/C54H93NO3/c1-3-5-7-9-11-13-15-17-19-21-23-25-27-29-31-33-35-37-39-41-43-45-47-49-53(57)52(51-56)55-54(58)50-48-46-44-42-40-38-36-34-32-30-28-26-24-22-20-18-16-14-12-10-8-6-4-2/h6,8,12,14,18,20,24,26,30,32,36,38-39,41,47,49,52-53,56-57H,3-5,7,9-11,13,15-17,19,21-23,25,27-29,31,33-35,37,40,42-46,48,50-51H2,1-2H3,(H,55,58)/b8-6-,14-12-,20-18-,26-24-,32-30-,38-36-,41-39+,49-47+. The number of rotatable bonds is 43. The van der Waals surface area contributed by atoms with Crippen molar-refractivity contribution >= 4 is 5.91 Å². The first-order valence-corrected chi connectivity index (χ1v) is 24.5. The molecule has 4 nitrogen and oxygen atoms in total. The number of carbonyl (C=O) groups excluding carboxylic acids is 1. The van der Waals surface area contributed by atoms with Crippen molar-refractivity contribution in [1.29, 1.82) is 0 Å². The topological polar surface area (TPSA) is 69.6 Å². The van der Waals surface area contributed by atoms with E-state index in [4.69, 9.17) is 0 Å². The van der Waals surface area contributed by atoms with Gasteiger partial charge in [-0.3, -0.25) is 4.79 Å². The molecule has 0 saturated heterocycles. The summed E-state index contributed by atoms with van der Waals surface area (Å²) < 4.78 is 0. The van der Waals surface area contributed by atoms with Gasteiger partial charge < -0.3 is 15.5 Å². The van der Waals surface area contributed by atoms with Gasteiger partial charge in [-0.25, -0.2) is 0 Å². The monoisotopic (exact) mass is 804 g/mol. The van der Waals surface area contributed by atoms with Gasteiger partial charge in [0.15, 0.2) is 0 Å². The highest BCUT2D eigenvalue weighted by molar-refractivity contribution is 5.76. The van der Waals surface area contributed by atoms with Gasteiger partial charge in [-0.1, -0.05) is 227 Å². The quantitative estimate of drug-likeness (QED) is 0.0425. The number of nitrogens with one attached hydrogen (secondary N) is 1. The second-order valence-electron chi connectivity index (χ2n) is 16.1. The minimum absolute atomic E-state index is 0.101. The molecule has 0 aromatic rings. The van der Waals surface area contributed by atoms with Crippen LogP contribution in [-0.2, 0) is 4.79 Å². The van der Waals surface area contributed by atoms with Crippen LogP contribution in [0.25, 0.3) is 0 Å². The van der Waals surface area contributed by atoms with E-state index in [2.05, 4.69) is 104 Å². The van der Waals surface area contributed by atoms with E-state index < -0.39 is 12.1 Å². The van der Waals surface area contributed by atoms with Crippen molar-refractivity contribution in [3.05, 3.63) is 97.2 Å². The van der Waals surface area contributed by atoms with Gasteiger partial charge in [0.25, 0.3) is 0 Å². The fraction of sp³-hybridized carbons (Fsp3) is 0.685. The first-order valence-electron chi connectivity index (χ1n) is 24.5. The minimum atomic E-state index is -0.880. The second kappa shape index (κ2) is 48.7. The molecule has 0 aromatic carbocycles. The van der Waals surface area contributed by atoms with E-state index in [1.807, 2.05) is 6.08 Å². The minimum Gasteiger partial charge on any atom is -0.394 e. The van der Waals surface area contributed by atoms with Gasteiger partial charge in [-0.05, 0) is 83.5 Å². The largest absolute Gasteiger partial charge is 0.394 e. The number of hydrogen-bond donors (Lipinski definition) is 3. The summed E-state index contributed by atoms with van der Waals surface area (Å²) >= 11 is 0. The van der Waals surface area contributed by atoms with Crippen molar-refractivity contribution in [1.82, 2.24) is 5.32 Å². The van der Waals surface area contributed by atoms with Crippen molar-refractivity contribution in [2.45, 2.75) is 231 Å². The van der Waals surface area contributed by atoms with Crippen LogP contribution in [-0.4, -0.2) is 34.9 Å². The Morgan fingerprint density at radius 2 is 0.776 bits per heavy atom. The van der Waals surface area contributed by atoms with Crippen molar-refractivity contribution in [3.8, 4) is 0 Å². The van der Waals surface area contributed by atoms with Gasteiger partial charge in [-0.2, -0.15) is 0 Å². The predicted molar refractivity (Wildman–Crippen MR) is 257 cm³/mol. The van der Waals surface area contributed by atoms with Gasteiger partial charge in [0, 0.05) is 6.42 Å². The van der Waals surface area contributed by atoms with Gasteiger partial charge in [0.1, 0.15) is 0 Å². The summed E-state index contributed by atoms with van der Waals surface area (Å²) in [5.74, 6) is -0.101. The van der Waals surface area contributed by atoms with Crippen LogP contribution in [0.2, 0.25) is 0 Å². The van der Waals surface area contributed by atoms with Crippen LogP contribution in [0.4, 0.5) is 0 Å². The van der Waals surface area contributed by atoms with E-state index >= 15 is 0 Å². The highest BCUT2D eigenvalue weighted by atomic mass is 16.3. The summed E-state index contributed by atoms with van der Waals surface area (Å²) in [5, 5.41) is 23.0. The smallest absolute Gasteiger partial charge is 0.220 e. The summed E-state index contributed by atoms with van der Waals surface area (Å²) in [4.78, 5) is 12.4. The van der Waals surface area contributed by atoms with Crippen LogP contribution < -0.4 is 5.32 Å². The average molecular weight is 804 g/mol. The lowest BCUT2D eigenvalue weighted by Gasteiger charge is -2.19. The zero-order valence-electron chi connectivity index (χ0n) is 38.0. The Bertz CT molecular complexity index is 1090. The lowest BCUT2D eigenvalue weighted by atomic mass is 10.0. The van der Waals surface area contributed by atoms with Gasteiger partial charge in [-0.15, -0.1) is 0 Å². The van der Waals surface area contributed by atoms with Crippen molar-refractivity contribution in [2.75, 3.05) is 6.61 Å². The van der Waals surface area contributed by atoms with Gasteiger partial charge in [0.05, 0.1) is 18.8 Å². The zero-order valence-corrected chi connectivity index (χ0v) is 38.0. The molecule has 1 amide bonds. The molecule has 0 heterocycles. The highest BCUT2D eigenvalue weighted by Crippen LogP contribution is 2.15. The molecule has 3 N–H and O–H groups in total. The Morgan fingerprint density at radius 1 is 0.431 bits per heavy atom. The molecular weight excluding hydrogens is 711 g/mol. The van der Waals surface area contributed by atoms with Crippen LogP contribution in [0.3, 0.4) is 0 Å². The Hall–Kier alpha value is -2.69. The number of aliphatic hydroxyl groups is 2. The van der Waals surface area contributed by atoms with Crippen LogP contribution in [0, 0.1) is 0 Å². The summed E-state index contributed by atoms with van der Waals surface area (Å²) in [6.07, 6.45) is 72.5. The van der Waals surface area contributed by atoms with E-state index in [0.29, 0.717) is 6.42 Å². The molecule has 0 radical (unpaired) electrons. The molecule has 0 aliphatic rings. The van der Waals surface area contributed by atoms with E-state index in [-0.39, 0.29) is 12.5 Å². The average Bonchev–Trinajstić information content (AvgIpc) is 3.23. The molecule has 4 heteroatoms. The zero-order chi connectivity index (χ0) is 42.1. The fourth-order valence-corrected chi connectivity index (χ4v) is 6.84. The third-order valence-electron chi connectivity index (χ3n) is 10.6. The molecule has 2 atom stereocenters. The van der Waals surface area contributed by atoms with E-state index in [1.54, 1.807) is 6.08 Å². The molecule has 0 aliphatic heterocycles. The molecule has 0 fully saturated rings. The number of allylic oxidation sites excluding steroid dienone is 15. The molecule has 332 valence electrons. The van der Waals surface area contributed by atoms with Crippen LogP contribution in [0.5, 0.6) is 0 Å². The predicted octanol–water partition coefficient (Wildman–Crippen LogP) is 15.8. The van der Waals surface area contributed by atoms with Crippen molar-refractivity contribution in [2.24, 2.45) is 0 Å². The van der Waals surface area contributed by atoms with Crippen molar-refractivity contribution in [3.63, 3.8) is 0 Å². The number of hydrogen-bond acceptors (Lipinski definition) is 3. The molecule has 0 aromatic heterocycles. The number of amides is 1. The van der Waals surface area contributed by atoms with Crippen molar-refractivity contribution < 1.29 is 15.0 Å². The Morgan fingerprint density at radius 3 is 1.21 bits per heavy atom. The lowest BCUT2D eigenvalue weighted by molar-refractivity contribution is -0.123. The van der Waals surface area contributed by atoms with Crippen LogP contribution in [0.15, 0.2) is 97.2 Å². The van der Waals surface area contributed by atoms with E-state index in [9.17, 15) is 15.0 Å². The molecule has 0 rings (SSSR count). The number of unbranched alkanes of at least 4 members (excludes halogenated alkanes) is 22. The molecular formula is C54H93NO3. The summed E-state index contributed by atoms with van der Waals surface area (Å²) in [5.41, 5.74) is 0. The molecule has 0 aliphatic carbocycles. The fourth-order valence-electron chi connectivity index (χ4n) is 6.84. The van der Waals surface area contributed by atoms with Gasteiger partial charge >= 0.3 is 0 Å². The lowest BCUT2D eigenvalue weighted by Crippen LogP contribution is -2.45. The third kappa shape index (κ3) is 44.4. The molecule has 2 unspecified atom stereocenters. The van der Waals surface area contributed by atoms with Crippen LogP contribution in [0.1, 0.15) is 219 Å². The summed E-state index contributed by atoms with van der Waals surface area (Å²) in [7, 11) is 0. The van der Waals surface area contributed by atoms with Gasteiger partial charge in [0.2, 0.25) is 5.91 Å². The maximum absolute atomic E-state index is 12.4. The number of carbonyl (C=O) groups is 1. The Balaban J connectivity index is 3.68. The maximum atomic E-state index is 12.4. The molecule has 0 saturated carbocycles. The second-order valence-corrected chi connectivity index (χ2v) is 16.1. The van der Waals surface area contributed by atoms with E-state index in [0.717, 1.165) is 89.9 Å². The molecule has 0 bridgehead atoms. The Kier molecular flexibility index (Phi) is 46.4. The van der Waals surface area contributed by atoms with Crippen LogP contribution >= 0.6 is 0 Å². The highest BCUT2D eigenvalue weighted by Gasteiger charge is 2.17. The van der Waals surface area contributed by atoms with E-state index in [1.165, 1.54) is 109 Å². The SMILES string of the molecule is CC/C=C\C/C=C\C/C=C\C/C=C\C/C=C\C/C=C\CCCCCCC(=O)NC(CO)C(O)/C=C/CC/C=C/CCCCCCCCCCCCCCCCCCC. The summed E-state index contributed by atoms with van der Waals surface area (Å²) in [6, 6.07) is -0.660. The first kappa shape index (κ1) is 55.3. The first-order chi connectivity index (χ1) is 28.7. The maximum Gasteiger partial charge on any atom is 0.220 e. The summed E-state index contributed by atoms with van der Waals surface area (Å²) in [6.45, 7) is 4.17. The molecule has 58 heavy (non-hydrogen) atoms. The Labute approximate surface area is 360 Å². The number of aliphatic hydroxyl groups excluding tert-OH is 2. The molecule has 0 spiro atoms.